The zero-order valence-corrected chi connectivity index (χ0v) is 25.1. The molecule has 0 amide bonds. The summed E-state index contributed by atoms with van der Waals surface area (Å²) in [6.45, 7) is 18.3. The first-order valence-corrected chi connectivity index (χ1v) is 15.1. The maximum atomic E-state index is 5.20. The molecule has 0 radical (unpaired) electrons. The van der Waals surface area contributed by atoms with E-state index in [1.165, 1.54) is 51.3 Å². The van der Waals surface area contributed by atoms with Gasteiger partial charge < -0.3 is 0 Å². The van der Waals surface area contributed by atoms with Crippen molar-refractivity contribution in [2.45, 2.75) is 67.2 Å². The second kappa shape index (κ2) is 9.13. The summed E-state index contributed by atoms with van der Waals surface area (Å²) < 4.78 is 2.66. The van der Waals surface area contributed by atoms with Crippen molar-refractivity contribution in [3.63, 3.8) is 0 Å². The Labute approximate surface area is 225 Å². The van der Waals surface area contributed by atoms with E-state index in [0.29, 0.717) is 0 Å². The van der Waals surface area contributed by atoms with E-state index in [4.69, 9.17) is 9.97 Å². The Balaban J connectivity index is 1.67. The Morgan fingerprint density at radius 2 is 1.53 bits per heavy atom. The predicted molar refractivity (Wildman–Crippen MR) is 156 cm³/mol. The quantitative estimate of drug-likeness (QED) is 0.197. The molecule has 0 unspecified atom stereocenters. The second-order valence-corrected chi connectivity index (χ2v) is 15.2. The molecule has 5 aromatic rings. The molecule has 184 valence electrons. The van der Waals surface area contributed by atoms with E-state index in [9.17, 15) is 0 Å². The molecule has 5 rings (SSSR count). The van der Waals surface area contributed by atoms with Gasteiger partial charge in [0, 0.05) is 0 Å². The minimum atomic E-state index is -0.663. The molecule has 0 saturated heterocycles. The van der Waals surface area contributed by atoms with Crippen LogP contribution in [-0.2, 0) is 11.8 Å². The van der Waals surface area contributed by atoms with E-state index >= 15 is 0 Å². The third-order valence-electron chi connectivity index (χ3n) is 6.79. The van der Waals surface area contributed by atoms with Gasteiger partial charge in [-0.15, -0.1) is 0 Å². The van der Waals surface area contributed by atoms with Gasteiger partial charge in [-0.3, -0.25) is 0 Å². The van der Waals surface area contributed by atoms with E-state index < -0.39 is 20.4 Å². The Hall–Kier alpha value is -2.47. The number of aromatic nitrogens is 2. The van der Waals surface area contributed by atoms with Gasteiger partial charge in [-0.1, -0.05) is 0 Å². The predicted octanol–water partition coefficient (Wildman–Crippen LogP) is 8.68. The van der Waals surface area contributed by atoms with Crippen molar-refractivity contribution in [1.82, 2.24) is 9.97 Å². The van der Waals surface area contributed by atoms with Gasteiger partial charge in [-0.25, -0.2) is 0 Å². The van der Waals surface area contributed by atoms with Crippen molar-refractivity contribution in [3.8, 4) is 20.5 Å². The molecule has 0 saturated carbocycles. The van der Waals surface area contributed by atoms with Crippen LogP contribution in [0.5, 0.6) is 0 Å². The standard InChI is InChI=1S/C33H36N2Te/c1-20-15-22(19-32(3,4)5)16-21(2)28(20)31-35-27-13-14-34-29(30(27)36-31)24-17-23-11-9-10-12-25(23)26(18-24)33(6,7)8/h9-18H,19H2,1-8H3. The van der Waals surface area contributed by atoms with Gasteiger partial charge in [0.05, 0.1) is 0 Å². The third-order valence-corrected chi connectivity index (χ3v) is 9.91. The van der Waals surface area contributed by atoms with Crippen LogP contribution in [0.3, 0.4) is 0 Å². The first-order chi connectivity index (χ1) is 16.9. The summed E-state index contributed by atoms with van der Waals surface area (Å²) in [6, 6.07) is 20.3. The molecule has 0 atom stereocenters. The van der Waals surface area contributed by atoms with E-state index in [-0.39, 0.29) is 10.8 Å². The summed E-state index contributed by atoms with van der Waals surface area (Å²) in [6.07, 6.45) is 3.02. The van der Waals surface area contributed by atoms with Gasteiger partial charge in [0.25, 0.3) is 0 Å². The number of nitrogens with zero attached hydrogens (tertiary/aromatic N) is 2. The van der Waals surface area contributed by atoms with Gasteiger partial charge >= 0.3 is 226 Å². The SMILES string of the molecule is Cc1cc(CC(C)(C)C)cc(C)c1-c1nc2ccnc(-c3cc(C(C)(C)C)c4ccccc4c3)c2[te]1. The van der Waals surface area contributed by atoms with Crippen molar-refractivity contribution >= 4 is 40.1 Å². The van der Waals surface area contributed by atoms with Crippen LogP contribution in [0.4, 0.5) is 0 Å². The van der Waals surface area contributed by atoms with Crippen molar-refractivity contribution in [2.24, 2.45) is 5.41 Å². The molecule has 2 heterocycles. The molecule has 3 heteroatoms. The maximum absolute atomic E-state index is 5.20. The number of hydrogen-bond acceptors (Lipinski definition) is 2. The zero-order chi connectivity index (χ0) is 25.8. The van der Waals surface area contributed by atoms with Gasteiger partial charge in [-0.2, -0.15) is 0 Å². The first kappa shape index (κ1) is 25.2. The van der Waals surface area contributed by atoms with Gasteiger partial charge in [0.2, 0.25) is 0 Å². The number of hydrogen-bond donors (Lipinski definition) is 0. The zero-order valence-electron chi connectivity index (χ0n) is 22.8. The molecule has 0 fully saturated rings. The van der Waals surface area contributed by atoms with E-state index in [2.05, 4.69) is 110 Å². The van der Waals surface area contributed by atoms with Crippen LogP contribution >= 0.6 is 0 Å². The van der Waals surface area contributed by atoms with Crippen LogP contribution in [0, 0.1) is 19.3 Å². The minimum absolute atomic E-state index is 0.0505. The number of rotatable bonds is 3. The van der Waals surface area contributed by atoms with Crippen LogP contribution in [0.1, 0.15) is 63.8 Å². The van der Waals surface area contributed by atoms with Gasteiger partial charge in [0.1, 0.15) is 0 Å². The number of pyridine rings is 1. The summed E-state index contributed by atoms with van der Waals surface area (Å²) >= 11 is -0.663. The fraction of sp³-hybridized carbons (Fsp3) is 0.333. The van der Waals surface area contributed by atoms with Crippen LogP contribution in [0.25, 0.3) is 40.2 Å². The normalized spacial score (nSPS) is 12.6. The summed E-state index contributed by atoms with van der Waals surface area (Å²) in [5.41, 5.74) is 10.6. The second-order valence-electron chi connectivity index (χ2n) is 12.4. The number of benzene rings is 3. The average molecular weight is 588 g/mol. The van der Waals surface area contributed by atoms with Crippen molar-refractivity contribution < 1.29 is 0 Å². The summed E-state index contributed by atoms with van der Waals surface area (Å²) in [5, 5.41) is 2.61. The molecule has 2 aromatic heterocycles. The molecule has 0 aliphatic carbocycles. The summed E-state index contributed by atoms with van der Waals surface area (Å²) in [5.74, 6) is 0. The molecular weight excluding hydrogens is 552 g/mol. The van der Waals surface area contributed by atoms with Gasteiger partial charge in [-0.05, 0) is 0 Å². The Morgan fingerprint density at radius 3 is 2.19 bits per heavy atom. The topological polar surface area (TPSA) is 25.8 Å². The van der Waals surface area contributed by atoms with Crippen molar-refractivity contribution in [2.75, 3.05) is 0 Å². The number of aryl methyl sites for hydroxylation is 2. The third kappa shape index (κ3) is 4.89. The Morgan fingerprint density at radius 1 is 0.833 bits per heavy atom. The van der Waals surface area contributed by atoms with E-state index in [1.807, 2.05) is 6.20 Å². The molecule has 36 heavy (non-hydrogen) atoms. The molecule has 0 N–H and O–H groups in total. The number of fused-ring (bicyclic) bond motifs is 2. The molecule has 0 bridgehead atoms. The summed E-state index contributed by atoms with van der Waals surface area (Å²) in [4.78, 5) is 10.1. The molecular formula is C33H36N2Te. The molecule has 0 aliphatic rings. The Kier molecular flexibility index (Phi) is 6.39. The molecule has 0 aliphatic heterocycles. The molecule has 2 nitrogen and oxygen atoms in total. The Bertz CT molecular complexity index is 1570. The fourth-order valence-electron chi connectivity index (χ4n) is 5.34. The molecule has 3 aromatic carbocycles. The van der Waals surface area contributed by atoms with Crippen LogP contribution in [0.2, 0.25) is 0 Å². The van der Waals surface area contributed by atoms with Gasteiger partial charge in [0.15, 0.2) is 0 Å². The fourth-order valence-corrected chi connectivity index (χ4v) is 8.90. The molecule has 0 spiro atoms. The monoisotopic (exact) mass is 590 g/mol. The van der Waals surface area contributed by atoms with E-state index in [0.717, 1.165) is 17.6 Å². The average Bonchev–Trinajstić information content (AvgIpc) is 3.19. The summed E-state index contributed by atoms with van der Waals surface area (Å²) in [7, 11) is 0. The van der Waals surface area contributed by atoms with Crippen molar-refractivity contribution in [3.05, 3.63) is 83.0 Å². The van der Waals surface area contributed by atoms with E-state index in [1.54, 1.807) is 0 Å². The van der Waals surface area contributed by atoms with Crippen LogP contribution < -0.4 is 0 Å². The van der Waals surface area contributed by atoms with Crippen LogP contribution in [0.15, 0.2) is 60.8 Å². The van der Waals surface area contributed by atoms with Crippen molar-refractivity contribution in [1.29, 1.82) is 0 Å². The first-order valence-electron chi connectivity index (χ1n) is 12.8. The van der Waals surface area contributed by atoms with Crippen LogP contribution in [-0.4, -0.2) is 30.4 Å².